The molecule has 2 N–H and O–H groups in total. The van der Waals surface area contributed by atoms with Crippen LogP contribution in [0, 0.1) is 0 Å². The Labute approximate surface area is 149 Å². The summed E-state index contributed by atoms with van der Waals surface area (Å²) in [6.45, 7) is 1.34. The largest absolute Gasteiger partial charge is 0.508 e. The second kappa shape index (κ2) is 8.04. The first kappa shape index (κ1) is 18.1. The maximum atomic E-state index is 11.9. The fraction of sp³-hybridized carbons (Fsp3) is 0.176. The number of aromatic hydroxyl groups is 1. The van der Waals surface area contributed by atoms with E-state index in [4.69, 9.17) is 27.9 Å². The molecule has 0 radical (unpaired) electrons. The topological polar surface area (TPSA) is 75.6 Å². The maximum Gasteiger partial charge on any atom is 0.338 e. The van der Waals surface area contributed by atoms with Crippen LogP contribution in [-0.4, -0.2) is 23.6 Å². The molecule has 2 aromatic rings. The van der Waals surface area contributed by atoms with Crippen LogP contribution in [-0.2, 0) is 9.53 Å². The monoisotopic (exact) mass is 367 g/mol. The Morgan fingerprint density at radius 2 is 1.92 bits per heavy atom. The molecule has 5 nitrogen and oxygen atoms in total. The third-order valence-electron chi connectivity index (χ3n) is 3.24. The number of amides is 1. The zero-order chi connectivity index (χ0) is 17.7. The highest BCUT2D eigenvalue weighted by atomic mass is 35.5. The highest BCUT2D eigenvalue weighted by Gasteiger charge is 2.14. The number of rotatable bonds is 5. The molecule has 1 atom stereocenters. The highest BCUT2D eigenvalue weighted by Crippen LogP contribution is 2.25. The van der Waals surface area contributed by atoms with Gasteiger partial charge >= 0.3 is 5.97 Å². The van der Waals surface area contributed by atoms with E-state index in [0.29, 0.717) is 10.0 Å². The SMILES string of the molecule is C[C@@H](NC(=O)COC(=O)c1cccc(O)c1)c1ccc(Cl)c(Cl)c1. The standard InChI is InChI=1S/C17H15Cl2NO4/c1-10(11-5-6-14(18)15(19)8-11)20-16(22)9-24-17(23)12-3-2-4-13(21)7-12/h2-8,10,21H,9H2,1H3,(H,20,22)/t10-/m1/s1. The summed E-state index contributed by atoms with van der Waals surface area (Å²) in [6.07, 6.45) is 0. The summed E-state index contributed by atoms with van der Waals surface area (Å²) in [5.74, 6) is -1.20. The Bertz CT molecular complexity index is 764. The molecule has 2 rings (SSSR count). The van der Waals surface area contributed by atoms with Gasteiger partial charge in [0.1, 0.15) is 5.75 Å². The van der Waals surface area contributed by atoms with Crippen LogP contribution in [0.5, 0.6) is 5.75 Å². The molecule has 0 aliphatic rings. The number of hydrogen-bond donors (Lipinski definition) is 2. The summed E-state index contributed by atoms with van der Waals surface area (Å²) in [6, 6.07) is 10.4. The highest BCUT2D eigenvalue weighted by molar-refractivity contribution is 6.42. The summed E-state index contributed by atoms with van der Waals surface area (Å²) >= 11 is 11.8. The number of esters is 1. The molecule has 0 aliphatic carbocycles. The number of hydrogen-bond acceptors (Lipinski definition) is 4. The molecule has 0 fully saturated rings. The molecule has 7 heteroatoms. The average Bonchev–Trinajstić information content (AvgIpc) is 2.55. The van der Waals surface area contributed by atoms with E-state index in [0.717, 1.165) is 5.56 Å². The predicted molar refractivity (Wildman–Crippen MR) is 91.4 cm³/mol. The second-order valence-corrected chi connectivity index (χ2v) is 5.90. The van der Waals surface area contributed by atoms with Gasteiger partial charge in [-0.2, -0.15) is 0 Å². The second-order valence-electron chi connectivity index (χ2n) is 5.09. The smallest absolute Gasteiger partial charge is 0.338 e. The molecule has 0 heterocycles. The van der Waals surface area contributed by atoms with Crippen LogP contribution in [0.3, 0.4) is 0 Å². The average molecular weight is 368 g/mol. The van der Waals surface area contributed by atoms with Crippen molar-refractivity contribution in [3.63, 3.8) is 0 Å². The van der Waals surface area contributed by atoms with Crippen LogP contribution in [0.1, 0.15) is 28.9 Å². The van der Waals surface area contributed by atoms with Crippen molar-refractivity contribution in [2.45, 2.75) is 13.0 Å². The fourth-order valence-corrected chi connectivity index (χ4v) is 2.30. The quantitative estimate of drug-likeness (QED) is 0.789. The molecule has 2 aromatic carbocycles. The van der Waals surface area contributed by atoms with Crippen LogP contribution >= 0.6 is 23.2 Å². The maximum absolute atomic E-state index is 11.9. The molecule has 24 heavy (non-hydrogen) atoms. The molecule has 0 unspecified atom stereocenters. The lowest BCUT2D eigenvalue weighted by atomic mass is 10.1. The van der Waals surface area contributed by atoms with Gasteiger partial charge in [0.05, 0.1) is 21.7 Å². The van der Waals surface area contributed by atoms with Crippen molar-refractivity contribution in [1.29, 1.82) is 0 Å². The lowest BCUT2D eigenvalue weighted by Gasteiger charge is -2.15. The Morgan fingerprint density at radius 3 is 2.58 bits per heavy atom. The van der Waals surface area contributed by atoms with Gasteiger partial charge in [0, 0.05) is 0 Å². The van der Waals surface area contributed by atoms with E-state index < -0.39 is 18.5 Å². The predicted octanol–water partition coefficient (Wildman–Crippen LogP) is 3.73. The van der Waals surface area contributed by atoms with Gasteiger partial charge in [-0.1, -0.05) is 35.3 Å². The summed E-state index contributed by atoms with van der Waals surface area (Å²) in [4.78, 5) is 23.7. The molecule has 0 aliphatic heterocycles. The Hall–Kier alpha value is -2.24. The number of carbonyl (C=O) groups excluding carboxylic acids is 2. The first-order valence-corrected chi connectivity index (χ1v) is 7.83. The Morgan fingerprint density at radius 1 is 1.17 bits per heavy atom. The first-order chi connectivity index (χ1) is 11.4. The van der Waals surface area contributed by atoms with Gasteiger partial charge in [-0.05, 0) is 42.8 Å². The molecule has 0 saturated heterocycles. The summed E-state index contributed by atoms with van der Waals surface area (Å²) < 4.78 is 4.92. The van der Waals surface area contributed by atoms with Crippen molar-refractivity contribution < 1.29 is 19.4 Å². The lowest BCUT2D eigenvalue weighted by Crippen LogP contribution is -2.31. The lowest BCUT2D eigenvalue weighted by molar-refractivity contribution is -0.124. The molecule has 0 spiro atoms. The van der Waals surface area contributed by atoms with Crippen LogP contribution in [0.4, 0.5) is 0 Å². The van der Waals surface area contributed by atoms with Crippen LogP contribution in [0.2, 0.25) is 10.0 Å². The van der Waals surface area contributed by atoms with Gasteiger partial charge in [0.2, 0.25) is 0 Å². The molecule has 0 saturated carbocycles. The van der Waals surface area contributed by atoms with Crippen molar-refractivity contribution in [3.8, 4) is 5.75 Å². The third kappa shape index (κ3) is 4.88. The van der Waals surface area contributed by atoms with Crippen molar-refractivity contribution in [2.24, 2.45) is 0 Å². The minimum atomic E-state index is -0.691. The third-order valence-corrected chi connectivity index (χ3v) is 3.98. The molecule has 0 aromatic heterocycles. The van der Waals surface area contributed by atoms with Crippen molar-refractivity contribution in [2.75, 3.05) is 6.61 Å². The van der Waals surface area contributed by atoms with E-state index in [1.807, 2.05) is 0 Å². The van der Waals surface area contributed by atoms with Gasteiger partial charge in [0.25, 0.3) is 5.91 Å². The fourth-order valence-electron chi connectivity index (χ4n) is 2.00. The van der Waals surface area contributed by atoms with Gasteiger partial charge in [-0.25, -0.2) is 4.79 Å². The van der Waals surface area contributed by atoms with E-state index in [-0.39, 0.29) is 17.4 Å². The minimum absolute atomic E-state index is 0.0536. The van der Waals surface area contributed by atoms with Crippen LogP contribution in [0.15, 0.2) is 42.5 Å². The number of carbonyl (C=O) groups is 2. The summed E-state index contributed by atoms with van der Waals surface area (Å²) in [5.41, 5.74) is 0.942. The zero-order valence-corrected chi connectivity index (χ0v) is 14.3. The van der Waals surface area contributed by atoms with Gasteiger partial charge in [0.15, 0.2) is 6.61 Å². The molecular formula is C17H15Cl2NO4. The van der Waals surface area contributed by atoms with Crippen molar-refractivity contribution >= 4 is 35.1 Å². The molecular weight excluding hydrogens is 353 g/mol. The van der Waals surface area contributed by atoms with Gasteiger partial charge < -0.3 is 15.2 Å². The van der Waals surface area contributed by atoms with E-state index >= 15 is 0 Å². The number of halogens is 2. The minimum Gasteiger partial charge on any atom is -0.508 e. The molecule has 1 amide bonds. The van der Waals surface area contributed by atoms with Crippen LogP contribution in [0.25, 0.3) is 0 Å². The van der Waals surface area contributed by atoms with Crippen molar-refractivity contribution in [1.82, 2.24) is 5.32 Å². The molecule has 126 valence electrons. The number of phenolic OH excluding ortho intramolecular Hbond substituents is 1. The summed E-state index contributed by atoms with van der Waals surface area (Å²) in [7, 11) is 0. The van der Waals surface area contributed by atoms with E-state index in [9.17, 15) is 14.7 Å². The van der Waals surface area contributed by atoms with E-state index in [1.165, 1.54) is 24.3 Å². The zero-order valence-electron chi connectivity index (χ0n) is 12.8. The Kier molecular flexibility index (Phi) is 6.06. The van der Waals surface area contributed by atoms with E-state index in [2.05, 4.69) is 5.32 Å². The first-order valence-electron chi connectivity index (χ1n) is 7.07. The molecule has 0 bridgehead atoms. The number of benzene rings is 2. The van der Waals surface area contributed by atoms with Crippen molar-refractivity contribution in [3.05, 3.63) is 63.6 Å². The number of phenols is 1. The number of nitrogens with one attached hydrogen (secondary N) is 1. The normalized spacial score (nSPS) is 11.6. The Balaban J connectivity index is 1.88. The summed E-state index contributed by atoms with van der Waals surface area (Å²) in [5, 5.41) is 12.8. The number of ether oxygens (including phenoxy) is 1. The van der Waals surface area contributed by atoms with Gasteiger partial charge in [-0.3, -0.25) is 4.79 Å². The van der Waals surface area contributed by atoms with Crippen LogP contribution < -0.4 is 5.32 Å². The van der Waals surface area contributed by atoms with E-state index in [1.54, 1.807) is 25.1 Å². The van der Waals surface area contributed by atoms with Gasteiger partial charge in [-0.15, -0.1) is 0 Å².